The predicted molar refractivity (Wildman–Crippen MR) is 90.6 cm³/mol. The van der Waals surface area contributed by atoms with Crippen LogP contribution in [-0.2, 0) is 19.0 Å². The lowest BCUT2D eigenvalue weighted by atomic mass is 9.96. The van der Waals surface area contributed by atoms with Gasteiger partial charge in [-0.2, -0.15) is 0 Å². The molecule has 0 spiro atoms. The van der Waals surface area contributed by atoms with E-state index in [1.807, 2.05) is 13.0 Å². The number of benzene rings is 1. The third kappa shape index (κ3) is 5.08. The van der Waals surface area contributed by atoms with E-state index in [1.165, 1.54) is 0 Å². The van der Waals surface area contributed by atoms with Crippen LogP contribution in [0.1, 0.15) is 5.56 Å². The van der Waals surface area contributed by atoms with E-state index in [2.05, 4.69) is 5.32 Å². The molecule has 0 radical (unpaired) electrons. The minimum atomic E-state index is -0.220. The second-order valence-corrected chi connectivity index (χ2v) is 6.21. The number of rotatable bonds is 7. The topological polar surface area (TPSA) is 66.0 Å². The van der Waals surface area contributed by atoms with E-state index in [-0.39, 0.29) is 30.6 Å². The van der Waals surface area contributed by atoms with Gasteiger partial charge in [0.1, 0.15) is 11.9 Å². The van der Waals surface area contributed by atoms with Gasteiger partial charge in [0.25, 0.3) is 5.91 Å². The zero-order valence-electron chi connectivity index (χ0n) is 14.2. The van der Waals surface area contributed by atoms with Crippen LogP contribution in [-0.4, -0.2) is 58.7 Å². The maximum absolute atomic E-state index is 12.0. The lowest BCUT2D eigenvalue weighted by Gasteiger charge is -2.36. The summed E-state index contributed by atoms with van der Waals surface area (Å²) in [5.74, 6) is 0.309. The SMILES string of the molecule is CO[C@H]1[C@H](CNC(=O)COc2cc(C)ccc2Cl)COC[C@H]1OC. The summed E-state index contributed by atoms with van der Waals surface area (Å²) in [5, 5.41) is 3.33. The standard InChI is InChI=1S/C17H24ClNO5/c1-11-4-5-13(18)14(6-11)24-10-16(20)19-7-12-8-23-9-15(21-2)17(12)22-3/h4-6,12,15,17H,7-10H2,1-3H3,(H,19,20)/t12-,15-,17+/m1/s1. The third-order valence-electron chi connectivity index (χ3n) is 4.03. The smallest absolute Gasteiger partial charge is 0.257 e. The Morgan fingerprint density at radius 2 is 2.12 bits per heavy atom. The molecule has 1 heterocycles. The van der Waals surface area contributed by atoms with Gasteiger partial charge in [-0.25, -0.2) is 0 Å². The predicted octanol–water partition coefficient (Wildman–Crippen LogP) is 1.82. The molecule has 0 bridgehead atoms. The molecule has 1 aliphatic rings. The third-order valence-corrected chi connectivity index (χ3v) is 4.34. The van der Waals surface area contributed by atoms with Crippen molar-refractivity contribution in [1.29, 1.82) is 0 Å². The van der Waals surface area contributed by atoms with Gasteiger partial charge in [-0.15, -0.1) is 0 Å². The van der Waals surface area contributed by atoms with Crippen molar-refractivity contribution in [2.75, 3.05) is 40.6 Å². The van der Waals surface area contributed by atoms with E-state index in [0.717, 1.165) is 5.56 Å². The van der Waals surface area contributed by atoms with Crippen molar-refractivity contribution in [3.63, 3.8) is 0 Å². The van der Waals surface area contributed by atoms with Gasteiger partial charge in [-0.3, -0.25) is 4.79 Å². The van der Waals surface area contributed by atoms with Crippen LogP contribution in [0.3, 0.4) is 0 Å². The summed E-state index contributed by atoms with van der Waals surface area (Å²) < 4.78 is 21.8. The highest BCUT2D eigenvalue weighted by Crippen LogP contribution is 2.25. The van der Waals surface area contributed by atoms with E-state index in [0.29, 0.717) is 30.5 Å². The molecule has 1 amide bonds. The number of nitrogens with one attached hydrogen (secondary N) is 1. The van der Waals surface area contributed by atoms with Crippen molar-refractivity contribution < 1.29 is 23.7 Å². The van der Waals surface area contributed by atoms with Crippen molar-refractivity contribution >= 4 is 17.5 Å². The molecule has 1 fully saturated rings. The van der Waals surface area contributed by atoms with Crippen LogP contribution >= 0.6 is 11.6 Å². The van der Waals surface area contributed by atoms with Crippen LogP contribution in [0.15, 0.2) is 18.2 Å². The Kier molecular flexibility index (Phi) is 7.30. The Morgan fingerprint density at radius 1 is 1.33 bits per heavy atom. The van der Waals surface area contributed by atoms with Gasteiger partial charge in [0, 0.05) is 26.7 Å². The van der Waals surface area contributed by atoms with Gasteiger partial charge >= 0.3 is 0 Å². The van der Waals surface area contributed by atoms with Crippen molar-refractivity contribution in [2.24, 2.45) is 5.92 Å². The first kappa shape index (κ1) is 19.0. The molecule has 1 aromatic carbocycles. The van der Waals surface area contributed by atoms with Crippen LogP contribution in [0.2, 0.25) is 5.02 Å². The summed E-state index contributed by atoms with van der Waals surface area (Å²) in [6.45, 7) is 3.28. The number of ether oxygens (including phenoxy) is 4. The van der Waals surface area contributed by atoms with E-state index in [9.17, 15) is 4.79 Å². The average Bonchev–Trinajstić information content (AvgIpc) is 2.60. The number of hydrogen-bond acceptors (Lipinski definition) is 5. The Bertz CT molecular complexity index is 554. The van der Waals surface area contributed by atoms with Crippen LogP contribution in [0.4, 0.5) is 0 Å². The summed E-state index contributed by atoms with van der Waals surface area (Å²) in [4.78, 5) is 12.0. The van der Waals surface area contributed by atoms with Crippen molar-refractivity contribution in [3.8, 4) is 5.75 Å². The fraction of sp³-hybridized carbons (Fsp3) is 0.588. The summed E-state index contributed by atoms with van der Waals surface area (Å²) in [6.07, 6.45) is -0.246. The monoisotopic (exact) mass is 357 g/mol. The molecule has 1 N–H and O–H groups in total. The van der Waals surface area contributed by atoms with E-state index in [4.69, 9.17) is 30.5 Å². The molecule has 0 unspecified atom stereocenters. The summed E-state index contributed by atoms with van der Waals surface area (Å²) in [6, 6.07) is 5.43. The van der Waals surface area contributed by atoms with Crippen LogP contribution in [0.25, 0.3) is 0 Å². The molecule has 134 valence electrons. The highest BCUT2D eigenvalue weighted by Gasteiger charge is 2.34. The molecule has 1 saturated heterocycles. The van der Waals surface area contributed by atoms with Gasteiger partial charge in [0.2, 0.25) is 0 Å². The Labute approximate surface area is 147 Å². The molecule has 3 atom stereocenters. The van der Waals surface area contributed by atoms with Crippen LogP contribution in [0.5, 0.6) is 5.75 Å². The minimum Gasteiger partial charge on any atom is -0.482 e. The number of halogens is 1. The molecule has 6 nitrogen and oxygen atoms in total. The molecular formula is C17H24ClNO5. The molecule has 1 aliphatic heterocycles. The second-order valence-electron chi connectivity index (χ2n) is 5.80. The van der Waals surface area contributed by atoms with E-state index in [1.54, 1.807) is 26.4 Å². The normalized spacial score (nSPS) is 23.8. The Balaban J connectivity index is 1.81. The number of hydrogen-bond donors (Lipinski definition) is 1. The lowest BCUT2D eigenvalue weighted by molar-refractivity contribution is -0.147. The zero-order valence-corrected chi connectivity index (χ0v) is 15.0. The summed E-state index contributed by atoms with van der Waals surface area (Å²) >= 11 is 6.04. The van der Waals surface area contributed by atoms with Gasteiger partial charge in [0.05, 0.1) is 24.3 Å². The first-order valence-corrected chi connectivity index (χ1v) is 8.22. The van der Waals surface area contributed by atoms with Gasteiger partial charge in [-0.05, 0) is 24.6 Å². The second kappa shape index (κ2) is 9.22. The molecule has 0 aromatic heterocycles. The largest absolute Gasteiger partial charge is 0.482 e. The van der Waals surface area contributed by atoms with Crippen molar-refractivity contribution in [3.05, 3.63) is 28.8 Å². The number of carbonyl (C=O) groups is 1. The van der Waals surface area contributed by atoms with Gasteiger partial charge in [0.15, 0.2) is 6.61 Å². The highest BCUT2D eigenvalue weighted by atomic mass is 35.5. The summed E-state index contributed by atoms with van der Waals surface area (Å²) in [5.41, 5.74) is 1.02. The zero-order chi connectivity index (χ0) is 17.5. The number of carbonyl (C=O) groups excluding carboxylic acids is 1. The fourth-order valence-corrected chi connectivity index (χ4v) is 2.88. The molecule has 0 aliphatic carbocycles. The van der Waals surface area contributed by atoms with Gasteiger partial charge < -0.3 is 24.3 Å². The fourth-order valence-electron chi connectivity index (χ4n) is 2.71. The molecule has 2 rings (SSSR count). The van der Waals surface area contributed by atoms with Gasteiger partial charge in [-0.1, -0.05) is 17.7 Å². The summed E-state index contributed by atoms with van der Waals surface area (Å²) in [7, 11) is 3.26. The quantitative estimate of drug-likeness (QED) is 0.806. The van der Waals surface area contributed by atoms with Crippen molar-refractivity contribution in [1.82, 2.24) is 5.32 Å². The lowest BCUT2D eigenvalue weighted by Crippen LogP contribution is -2.50. The van der Waals surface area contributed by atoms with Crippen LogP contribution in [0, 0.1) is 12.8 Å². The van der Waals surface area contributed by atoms with E-state index >= 15 is 0 Å². The maximum atomic E-state index is 12.0. The number of amides is 1. The molecule has 7 heteroatoms. The average molecular weight is 358 g/mol. The number of aryl methyl sites for hydroxylation is 1. The molecule has 24 heavy (non-hydrogen) atoms. The first-order chi connectivity index (χ1) is 11.5. The minimum absolute atomic E-state index is 0.0280. The molecule has 0 saturated carbocycles. The number of methoxy groups -OCH3 is 2. The Hall–Kier alpha value is -1.34. The first-order valence-electron chi connectivity index (χ1n) is 7.84. The van der Waals surface area contributed by atoms with E-state index < -0.39 is 0 Å². The van der Waals surface area contributed by atoms with Crippen molar-refractivity contribution in [2.45, 2.75) is 19.1 Å². The Morgan fingerprint density at radius 3 is 2.83 bits per heavy atom. The molecular weight excluding hydrogens is 334 g/mol. The molecule has 1 aromatic rings. The van der Waals surface area contributed by atoms with Crippen LogP contribution < -0.4 is 10.1 Å². The highest BCUT2D eigenvalue weighted by molar-refractivity contribution is 6.32. The maximum Gasteiger partial charge on any atom is 0.257 e.